The lowest BCUT2D eigenvalue weighted by molar-refractivity contribution is -0.135. The molecule has 1 unspecified atom stereocenters. The van der Waals surface area contributed by atoms with Gasteiger partial charge < -0.3 is 14.5 Å². The lowest BCUT2D eigenvalue weighted by Gasteiger charge is -2.36. The van der Waals surface area contributed by atoms with Crippen molar-refractivity contribution in [2.45, 2.75) is 6.42 Å². The second-order valence-corrected chi connectivity index (χ2v) is 5.36. The van der Waals surface area contributed by atoms with Crippen LogP contribution in [0.1, 0.15) is 12.0 Å². The minimum Gasteiger partial charge on any atom is -0.381 e. The van der Waals surface area contributed by atoms with Gasteiger partial charge in [0, 0.05) is 39.0 Å². The Hall–Kier alpha value is -2.13. The molecule has 2 aliphatic heterocycles. The highest BCUT2D eigenvalue weighted by atomic mass is 16.5. The summed E-state index contributed by atoms with van der Waals surface area (Å²) in [7, 11) is 0. The number of amides is 1. The van der Waals surface area contributed by atoms with Crippen molar-refractivity contribution >= 4 is 11.7 Å². The molecule has 2 aliphatic rings. The number of hydrogen-bond acceptors (Lipinski definition) is 5. The molecule has 1 aromatic rings. The molecule has 1 atom stereocenters. The summed E-state index contributed by atoms with van der Waals surface area (Å²) >= 11 is 0. The fourth-order valence-corrected chi connectivity index (χ4v) is 2.86. The Morgan fingerprint density at radius 1 is 1.38 bits per heavy atom. The van der Waals surface area contributed by atoms with Crippen LogP contribution in [-0.2, 0) is 9.53 Å². The van der Waals surface area contributed by atoms with Gasteiger partial charge >= 0.3 is 0 Å². The predicted molar refractivity (Wildman–Crippen MR) is 76.7 cm³/mol. The molecular weight excluding hydrogens is 268 g/mol. The Labute approximate surface area is 123 Å². The van der Waals surface area contributed by atoms with Crippen molar-refractivity contribution < 1.29 is 9.53 Å². The average molecular weight is 286 g/mol. The summed E-state index contributed by atoms with van der Waals surface area (Å²) in [6.45, 7) is 4.03. The monoisotopic (exact) mass is 286 g/mol. The molecule has 0 N–H and O–H groups in total. The molecule has 0 aromatic carbocycles. The van der Waals surface area contributed by atoms with Crippen molar-refractivity contribution in [2.24, 2.45) is 5.92 Å². The van der Waals surface area contributed by atoms with E-state index in [-0.39, 0.29) is 11.8 Å². The summed E-state index contributed by atoms with van der Waals surface area (Å²) in [6.07, 6.45) is 2.53. The number of carbonyl (C=O) groups excluding carboxylic acids is 1. The Bertz CT molecular complexity index is 555. The van der Waals surface area contributed by atoms with Gasteiger partial charge in [-0.2, -0.15) is 5.26 Å². The van der Waals surface area contributed by atoms with Crippen LogP contribution in [0.3, 0.4) is 0 Å². The van der Waals surface area contributed by atoms with Crippen LogP contribution < -0.4 is 4.90 Å². The molecule has 0 aliphatic carbocycles. The molecule has 110 valence electrons. The van der Waals surface area contributed by atoms with E-state index in [1.54, 1.807) is 18.3 Å². The van der Waals surface area contributed by atoms with Gasteiger partial charge in [0.2, 0.25) is 5.91 Å². The van der Waals surface area contributed by atoms with Crippen molar-refractivity contribution in [1.29, 1.82) is 5.26 Å². The quantitative estimate of drug-likeness (QED) is 0.798. The number of nitrogens with zero attached hydrogens (tertiary/aromatic N) is 4. The molecule has 21 heavy (non-hydrogen) atoms. The molecule has 3 heterocycles. The third-order valence-corrected chi connectivity index (χ3v) is 4.08. The minimum atomic E-state index is 0.0288. The van der Waals surface area contributed by atoms with Crippen LogP contribution in [0.5, 0.6) is 0 Å². The largest absolute Gasteiger partial charge is 0.381 e. The van der Waals surface area contributed by atoms with Crippen molar-refractivity contribution in [3.8, 4) is 6.07 Å². The molecule has 0 spiro atoms. The van der Waals surface area contributed by atoms with Crippen molar-refractivity contribution in [2.75, 3.05) is 44.3 Å². The number of piperazine rings is 1. The first kappa shape index (κ1) is 13.8. The van der Waals surface area contributed by atoms with E-state index in [4.69, 9.17) is 10.00 Å². The number of aromatic nitrogens is 1. The number of ether oxygens (including phenoxy) is 1. The van der Waals surface area contributed by atoms with E-state index in [9.17, 15) is 4.79 Å². The first-order chi connectivity index (χ1) is 10.3. The zero-order chi connectivity index (χ0) is 14.7. The zero-order valence-electron chi connectivity index (χ0n) is 11.9. The van der Waals surface area contributed by atoms with Gasteiger partial charge in [-0.05, 0) is 18.6 Å². The highest BCUT2D eigenvalue weighted by molar-refractivity contribution is 5.79. The standard InChI is InChI=1S/C15H18N4O2/c16-10-12-2-1-4-17-14(12)18-5-7-19(8-6-18)15(20)13-3-9-21-11-13/h1-2,4,13H,3,5-9,11H2. The first-order valence-corrected chi connectivity index (χ1v) is 7.26. The van der Waals surface area contributed by atoms with Gasteiger partial charge in [0.1, 0.15) is 11.9 Å². The summed E-state index contributed by atoms with van der Waals surface area (Å²) in [5.41, 5.74) is 0.585. The summed E-state index contributed by atoms with van der Waals surface area (Å²) in [5, 5.41) is 9.14. The number of anilines is 1. The molecule has 6 nitrogen and oxygen atoms in total. The lowest BCUT2D eigenvalue weighted by Crippen LogP contribution is -2.50. The number of rotatable bonds is 2. The van der Waals surface area contributed by atoms with Crippen LogP contribution in [0, 0.1) is 17.2 Å². The fraction of sp³-hybridized carbons (Fsp3) is 0.533. The van der Waals surface area contributed by atoms with Crippen LogP contribution in [0.25, 0.3) is 0 Å². The third-order valence-electron chi connectivity index (χ3n) is 4.08. The van der Waals surface area contributed by atoms with E-state index in [2.05, 4.69) is 16.0 Å². The fourth-order valence-electron chi connectivity index (χ4n) is 2.86. The number of nitriles is 1. The molecule has 0 saturated carbocycles. The highest BCUT2D eigenvalue weighted by Crippen LogP contribution is 2.20. The van der Waals surface area contributed by atoms with E-state index in [1.165, 1.54) is 0 Å². The second kappa shape index (κ2) is 6.10. The molecule has 3 rings (SSSR count). The zero-order valence-corrected chi connectivity index (χ0v) is 11.9. The van der Waals surface area contributed by atoms with Crippen LogP contribution in [0.15, 0.2) is 18.3 Å². The Balaban J connectivity index is 1.62. The third kappa shape index (κ3) is 2.83. The van der Waals surface area contributed by atoms with Crippen molar-refractivity contribution in [3.63, 3.8) is 0 Å². The van der Waals surface area contributed by atoms with Crippen LogP contribution in [0.2, 0.25) is 0 Å². The van der Waals surface area contributed by atoms with Gasteiger partial charge in [-0.15, -0.1) is 0 Å². The summed E-state index contributed by atoms with van der Waals surface area (Å²) in [4.78, 5) is 20.6. The maximum Gasteiger partial charge on any atom is 0.228 e. The van der Waals surface area contributed by atoms with E-state index < -0.39 is 0 Å². The number of hydrogen-bond donors (Lipinski definition) is 0. The second-order valence-electron chi connectivity index (χ2n) is 5.36. The molecule has 6 heteroatoms. The van der Waals surface area contributed by atoms with Gasteiger partial charge in [-0.25, -0.2) is 4.98 Å². The number of carbonyl (C=O) groups is 1. The molecule has 1 aromatic heterocycles. The molecule has 0 radical (unpaired) electrons. The Kier molecular flexibility index (Phi) is 4.02. The smallest absolute Gasteiger partial charge is 0.228 e. The Morgan fingerprint density at radius 3 is 2.86 bits per heavy atom. The number of pyridine rings is 1. The molecule has 2 saturated heterocycles. The lowest BCUT2D eigenvalue weighted by atomic mass is 10.1. The highest BCUT2D eigenvalue weighted by Gasteiger charge is 2.30. The minimum absolute atomic E-state index is 0.0288. The van der Waals surface area contributed by atoms with Gasteiger partial charge in [0.25, 0.3) is 0 Å². The van der Waals surface area contributed by atoms with Gasteiger partial charge in [-0.3, -0.25) is 4.79 Å². The van der Waals surface area contributed by atoms with Gasteiger partial charge in [0.15, 0.2) is 0 Å². The van der Waals surface area contributed by atoms with E-state index in [0.717, 1.165) is 12.2 Å². The topological polar surface area (TPSA) is 69.5 Å². The molecule has 1 amide bonds. The Morgan fingerprint density at radius 2 is 2.19 bits per heavy atom. The predicted octanol–water partition coefficient (Wildman–Crippen LogP) is 0.638. The van der Waals surface area contributed by atoms with E-state index in [0.29, 0.717) is 45.0 Å². The summed E-state index contributed by atoms with van der Waals surface area (Å²) in [6, 6.07) is 5.71. The maximum atomic E-state index is 12.3. The normalized spacial score (nSPS) is 22.1. The first-order valence-electron chi connectivity index (χ1n) is 7.26. The van der Waals surface area contributed by atoms with E-state index in [1.807, 2.05) is 4.90 Å². The maximum absolute atomic E-state index is 12.3. The summed E-state index contributed by atoms with van der Waals surface area (Å²) < 4.78 is 5.29. The SMILES string of the molecule is N#Cc1cccnc1N1CCN(C(=O)C2CCOC2)CC1. The molecule has 2 fully saturated rings. The average Bonchev–Trinajstić information content (AvgIpc) is 3.09. The van der Waals surface area contributed by atoms with Crippen LogP contribution in [-0.4, -0.2) is 55.2 Å². The molecular formula is C15H18N4O2. The van der Waals surface area contributed by atoms with Crippen molar-refractivity contribution in [1.82, 2.24) is 9.88 Å². The van der Waals surface area contributed by atoms with Crippen LogP contribution in [0.4, 0.5) is 5.82 Å². The summed E-state index contributed by atoms with van der Waals surface area (Å²) in [5.74, 6) is 0.950. The van der Waals surface area contributed by atoms with Gasteiger partial charge in [-0.1, -0.05) is 0 Å². The van der Waals surface area contributed by atoms with Crippen molar-refractivity contribution in [3.05, 3.63) is 23.9 Å². The van der Waals surface area contributed by atoms with E-state index >= 15 is 0 Å². The van der Waals surface area contributed by atoms with Crippen LogP contribution >= 0.6 is 0 Å². The van der Waals surface area contributed by atoms with Gasteiger partial charge in [0.05, 0.1) is 18.1 Å². The molecule has 0 bridgehead atoms.